The van der Waals surface area contributed by atoms with Crippen molar-refractivity contribution in [1.29, 1.82) is 0 Å². The number of anilines is 1. The molecule has 6 nitrogen and oxygen atoms in total. The predicted molar refractivity (Wildman–Crippen MR) is 120 cm³/mol. The summed E-state index contributed by atoms with van der Waals surface area (Å²) in [6.45, 7) is 2.03. The van der Waals surface area contributed by atoms with Crippen molar-refractivity contribution in [2.75, 3.05) is 12.4 Å². The van der Waals surface area contributed by atoms with E-state index in [1.54, 1.807) is 55.9 Å². The topological polar surface area (TPSA) is 71.5 Å². The van der Waals surface area contributed by atoms with Crippen molar-refractivity contribution in [3.8, 4) is 5.75 Å². The third-order valence-corrected chi connectivity index (χ3v) is 5.46. The van der Waals surface area contributed by atoms with Crippen molar-refractivity contribution in [2.24, 2.45) is 0 Å². The van der Waals surface area contributed by atoms with Gasteiger partial charge in [0.2, 0.25) is 0 Å². The summed E-state index contributed by atoms with van der Waals surface area (Å²) in [7, 11) is 1.57. The molecule has 1 aromatic heterocycles. The number of hydrogen-bond donors (Lipinski definition) is 1. The summed E-state index contributed by atoms with van der Waals surface area (Å²) >= 11 is 6.25. The molecule has 7 heteroatoms. The maximum absolute atomic E-state index is 13.3. The number of rotatable bonds is 6. The molecule has 0 saturated heterocycles. The lowest BCUT2D eigenvalue weighted by Gasteiger charge is -2.15. The number of aryl methyl sites for hydroxylation is 1. The largest absolute Gasteiger partial charge is 0.497 e. The lowest BCUT2D eigenvalue weighted by molar-refractivity contribution is -0.137. The first-order valence-corrected chi connectivity index (χ1v) is 10.0. The van der Waals surface area contributed by atoms with E-state index in [1.165, 1.54) is 4.90 Å². The number of imide groups is 1. The van der Waals surface area contributed by atoms with Crippen LogP contribution in [0.15, 0.2) is 72.7 Å². The Labute approximate surface area is 185 Å². The van der Waals surface area contributed by atoms with Gasteiger partial charge in [0.05, 0.1) is 19.2 Å². The SMILES string of the molecule is COc1ccc(C2=C(Nc3ccc(C)c(Cl)c3)C(=O)N(Cc3cccnc3)C2=O)cc1. The summed E-state index contributed by atoms with van der Waals surface area (Å²) in [5.41, 5.74) is 3.43. The summed E-state index contributed by atoms with van der Waals surface area (Å²) in [5.74, 6) is -0.121. The summed E-state index contributed by atoms with van der Waals surface area (Å²) in [5, 5.41) is 3.69. The van der Waals surface area contributed by atoms with Gasteiger partial charge in [-0.2, -0.15) is 0 Å². The van der Waals surface area contributed by atoms with Crippen molar-refractivity contribution < 1.29 is 14.3 Å². The normalized spacial score (nSPS) is 13.7. The molecule has 156 valence electrons. The van der Waals surface area contributed by atoms with Gasteiger partial charge in [-0.3, -0.25) is 19.5 Å². The van der Waals surface area contributed by atoms with E-state index < -0.39 is 5.91 Å². The number of carbonyl (C=O) groups is 2. The fourth-order valence-electron chi connectivity index (χ4n) is 3.35. The minimum atomic E-state index is -0.406. The number of ether oxygens (including phenoxy) is 1. The van der Waals surface area contributed by atoms with E-state index in [-0.39, 0.29) is 18.1 Å². The van der Waals surface area contributed by atoms with Crippen molar-refractivity contribution in [1.82, 2.24) is 9.88 Å². The van der Waals surface area contributed by atoms with Crippen LogP contribution in [0.1, 0.15) is 16.7 Å². The van der Waals surface area contributed by atoms with Gasteiger partial charge in [0.1, 0.15) is 11.4 Å². The van der Waals surface area contributed by atoms with E-state index in [2.05, 4.69) is 10.3 Å². The van der Waals surface area contributed by atoms with Gasteiger partial charge in [0, 0.05) is 23.1 Å². The molecule has 0 atom stereocenters. The Kier molecular flexibility index (Phi) is 5.73. The van der Waals surface area contributed by atoms with Gasteiger partial charge in [-0.15, -0.1) is 0 Å². The zero-order valence-electron chi connectivity index (χ0n) is 17.1. The lowest BCUT2D eigenvalue weighted by atomic mass is 10.0. The summed E-state index contributed by atoms with van der Waals surface area (Å²) < 4.78 is 5.21. The maximum atomic E-state index is 13.3. The van der Waals surface area contributed by atoms with E-state index >= 15 is 0 Å². The number of nitrogens with one attached hydrogen (secondary N) is 1. The van der Waals surface area contributed by atoms with Gasteiger partial charge in [-0.1, -0.05) is 35.9 Å². The Morgan fingerprint density at radius 2 is 1.84 bits per heavy atom. The number of carbonyl (C=O) groups excluding carboxylic acids is 2. The van der Waals surface area contributed by atoms with Gasteiger partial charge < -0.3 is 10.1 Å². The van der Waals surface area contributed by atoms with Crippen molar-refractivity contribution in [3.05, 3.63) is 94.4 Å². The van der Waals surface area contributed by atoms with Crippen LogP contribution in [0.5, 0.6) is 5.75 Å². The van der Waals surface area contributed by atoms with E-state index in [4.69, 9.17) is 16.3 Å². The van der Waals surface area contributed by atoms with Crippen LogP contribution in [0.4, 0.5) is 5.69 Å². The molecule has 1 N–H and O–H groups in total. The minimum Gasteiger partial charge on any atom is -0.497 e. The van der Waals surface area contributed by atoms with Crippen LogP contribution in [-0.4, -0.2) is 28.8 Å². The molecule has 0 fully saturated rings. The molecule has 0 unspecified atom stereocenters. The van der Waals surface area contributed by atoms with Gasteiger partial charge >= 0.3 is 0 Å². The number of aromatic nitrogens is 1. The first kappa shape index (κ1) is 20.6. The number of hydrogen-bond acceptors (Lipinski definition) is 5. The fourth-order valence-corrected chi connectivity index (χ4v) is 3.53. The molecule has 1 aliphatic heterocycles. The van der Waals surface area contributed by atoms with E-state index in [0.29, 0.717) is 27.6 Å². The molecule has 2 aromatic carbocycles. The van der Waals surface area contributed by atoms with Crippen molar-refractivity contribution in [3.63, 3.8) is 0 Å². The Bertz CT molecular complexity index is 1170. The second-order valence-electron chi connectivity index (χ2n) is 7.13. The molecular formula is C24H20ClN3O3. The highest BCUT2D eigenvalue weighted by Gasteiger charge is 2.39. The fraction of sp³-hybridized carbons (Fsp3) is 0.125. The number of benzene rings is 2. The number of halogens is 1. The number of amides is 2. The van der Waals surface area contributed by atoms with E-state index in [0.717, 1.165) is 11.1 Å². The predicted octanol–water partition coefficient (Wildman–Crippen LogP) is 4.44. The molecule has 2 amide bonds. The third kappa shape index (κ3) is 4.15. The Hall–Kier alpha value is -3.64. The van der Waals surface area contributed by atoms with E-state index in [1.807, 2.05) is 25.1 Å². The molecule has 31 heavy (non-hydrogen) atoms. The van der Waals surface area contributed by atoms with Gasteiger partial charge in [-0.25, -0.2) is 0 Å². The average molecular weight is 434 g/mol. The molecule has 3 aromatic rings. The van der Waals surface area contributed by atoms with Crippen molar-refractivity contribution >= 4 is 34.7 Å². The number of nitrogens with zero attached hydrogens (tertiary/aromatic N) is 2. The molecule has 0 saturated carbocycles. The number of methoxy groups -OCH3 is 1. The van der Waals surface area contributed by atoms with Crippen LogP contribution < -0.4 is 10.1 Å². The highest BCUT2D eigenvalue weighted by Crippen LogP contribution is 2.33. The van der Waals surface area contributed by atoms with Crippen LogP contribution in [-0.2, 0) is 16.1 Å². The number of pyridine rings is 1. The first-order valence-electron chi connectivity index (χ1n) is 9.65. The van der Waals surface area contributed by atoms with Crippen molar-refractivity contribution in [2.45, 2.75) is 13.5 Å². The third-order valence-electron chi connectivity index (χ3n) is 5.05. The molecule has 4 rings (SSSR count). The minimum absolute atomic E-state index is 0.130. The van der Waals surface area contributed by atoms with Gasteiger partial charge in [-0.05, 0) is 53.9 Å². The molecule has 0 radical (unpaired) electrons. The van der Waals surface area contributed by atoms with Crippen LogP contribution >= 0.6 is 11.6 Å². The quantitative estimate of drug-likeness (QED) is 0.582. The molecule has 0 bridgehead atoms. The van der Waals surface area contributed by atoms with Crippen LogP contribution in [0, 0.1) is 6.92 Å². The molecule has 0 aliphatic carbocycles. The second-order valence-corrected chi connectivity index (χ2v) is 7.53. The van der Waals surface area contributed by atoms with Crippen LogP contribution in [0.3, 0.4) is 0 Å². The van der Waals surface area contributed by atoms with Crippen LogP contribution in [0.2, 0.25) is 5.02 Å². The molecule has 0 spiro atoms. The Morgan fingerprint density at radius 3 is 2.48 bits per heavy atom. The first-order chi connectivity index (χ1) is 15.0. The zero-order chi connectivity index (χ0) is 22.0. The smallest absolute Gasteiger partial charge is 0.278 e. The highest BCUT2D eigenvalue weighted by atomic mass is 35.5. The summed E-state index contributed by atoms with van der Waals surface area (Å²) in [6.07, 6.45) is 3.28. The maximum Gasteiger partial charge on any atom is 0.278 e. The highest BCUT2D eigenvalue weighted by molar-refractivity contribution is 6.36. The molecule has 1 aliphatic rings. The zero-order valence-corrected chi connectivity index (χ0v) is 17.8. The Morgan fingerprint density at radius 1 is 1.06 bits per heavy atom. The molecule has 2 heterocycles. The monoisotopic (exact) mass is 433 g/mol. The van der Waals surface area contributed by atoms with E-state index in [9.17, 15) is 9.59 Å². The second kappa shape index (κ2) is 8.62. The average Bonchev–Trinajstić information content (AvgIpc) is 3.01. The molecular weight excluding hydrogens is 414 g/mol. The van der Waals surface area contributed by atoms with Gasteiger partial charge in [0.15, 0.2) is 0 Å². The Balaban J connectivity index is 1.75. The summed E-state index contributed by atoms with van der Waals surface area (Å²) in [4.78, 5) is 31.9. The standard InChI is InChI=1S/C24H20ClN3O3/c1-15-5-8-18(12-20(15)25)27-22-21(17-6-9-19(31-2)10-7-17)23(29)28(24(22)30)14-16-4-3-11-26-13-16/h3-13,27H,14H2,1-2H3. The summed E-state index contributed by atoms with van der Waals surface area (Å²) in [6, 6.07) is 16.0. The van der Waals surface area contributed by atoms with Gasteiger partial charge in [0.25, 0.3) is 11.8 Å². The lowest BCUT2D eigenvalue weighted by Crippen LogP contribution is -2.32. The van der Waals surface area contributed by atoms with Crippen LogP contribution in [0.25, 0.3) is 5.57 Å².